The van der Waals surface area contributed by atoms with E-state index in [1.807, 2.05) is 97.7 Å². The van der Waals surface area contributed by atoms with Crippen LogP contribution in [0.4, 0.5) is 0 Å². The lowest BCUT2D eigenvalue weighted by atomic mass is 9.97. The first-order chi connectivity index (χ1) is 60.7. The van der Waals surface area contributed by atoms with Crippen molar-refractivity contribution in [3.63, 3.8) is 0 Å². The molecule has 0 unspecified atom stereocenters. The number of para-hydroxylation sites is 4. The van der Waals surface area contributed by atoms with E-state index in [4.69, 9.17) is 0 Å². The highest BCUT2D eigenvalue weighted by Crippen LogP contribution is 2.31. The van der Waals surface area contributed by atoms with Gasteiger partial charge in [0.1, 0.15) is 12.2 Å². The summed E-state index contributed by atoms with van der Waals surface area (Å²) < 4.78 is 0. The molecule has 0 atom stereocenters. The van der Waals surface area contributed by atoms with E-state index < -0.39 is 0 Å². The molecule has 0 spiro atoms. The number of fused-ring (bicyclic) bond motifs is 9. The highest BCUT2D eigenvalue weighted by atomic mass is 14.9. The minimum atomic E-state index is 0.393. The second-order valence-electron chi connectivity index (χ2n) is 35.0. The van der Waals surface area contributed by atoms with Crippen LogP contribution in [0.3, 0.4) is 0 Å². The first kappa shape index (κ1) is 95.1. The number of rotatable bonds is 10. The zero-order valence-corrected chi connectivity index (χ0v) is 77.7. The van der Waals surface area contributed by atoms with Gasteiger partial charge in [0.2, 0.25) is 0 Å². The van der Waals surface area contributed by atoms with Gasteiger partial charge in [-0.2, -0.15) is 0 Å². The Morgan fingerprint density at radius 2 is 0.532 bits per heavy atom. The average molecular weight is 1660 g/mol. The molecule has 0 aliphatic rings. The number of nitrogens with zero attached hydrogens (tertiary/aromatic N) is 10. The predicted molar refractivity (Wildman–Crippen MR) is 541 cm³/mol. The van der Waals surface area contributed by atoms with Crippen molar-refractivity contribution in [1.82, 2.24) is 49.8 Å². The van der Waals surface area contributed by atoms with E-state index in [1.54, 1.807) is 31.1 Å². The molecule has 0 aliphatic carbocycles. The molecule has 126 heavy (non-hydrogen) atoms. The Balaban J connectivity index is 0.000000148. The van der Waals surface area contributed by atoms with Crippen LogP contribution in [-0.2, 0) is 0 Å². The molecule has 10 nitrogen and oxygen atoms in total. The lowest BCUT2D eigenvalue weighted by Crippen LogP contribution is -1.96. The molecule has 642 valence electrons. The zero-order valence-electron chi connectivity index (χ0n) is 77.7. The van der Waals surface area contributed by atoms with E-state index in [0.717, 1.165) is 50.2 Å². The number of benzene rings is 13. The summed E-state index contributed by atoms with van der Waals surface area (Å²) in [5, 5.41) is 16.8. The third-order valence-electron chi connectivity index (χ3n) is 21.8. The van der Waals surface area contributed by atoms with Crippen molar-refractivity contribution in [2.24, 2.45) is 0 Å². The summed E-state index contributed by atoms with van der Waals surface area (Å²) in [4.78, 5) is 42.1. The summed E-state index contributed by atoms with van der Waals surface area (Å²) in [5.41, 5.74) is 16.7. The number of hydrogen-bond acceptors (Lipinski definition) is 10. The predicted octanol–water partition coefficient (Wildman–Crippen LogP) is 32.4. The molecule has 19 aromatic rings. The zero-order chi connectivity index (χ0) is 90.0. The first-order valence-electron chi connectivity index (χ1n) is 44.8. The Kier molecular flexibility index (Phi) is 36.4. The van der Waals surface area contributed by atoms with Gasteiger partial charge in [-0.15, -0.1) is 0 Å². The second kappa shape index (κ2) is 48.2. The molecule has 0 amide bonds. The third-order valence-corrected chi connectivity index (χ3v) is 21.8. The first-order valence-corrected chi connectivity index (χ1v) is 44.8. The van der Waals surface area contributed by atoms with Gasteiger partial charge in [-0.3, -0.25) is 19.9 Å². The molecule has 0 fully saturated rings. The third kappa shape index (κ3) is 29.0. The maximum Gasteiger partial charge on any atom is 0.131 e. The quantitative estimate of drug-likeness (QED) is 0.122. The molecule has 6 heterocycles. The molecule has 13 aromatic carbocycles. The molecular formula is C116H128N10. The molecule has 0 saturated heterocycles. The van der Waals surface area contributed by atoms with E-state index >= 15 is 0 Å². The van der Waals surface area contributed by atoms with Gasteiger partial charge < -0.3 is 0 Å². The van der Waals surface area contributed by atoms with Gasteiger partial charge in [-0.05, 0) is 219 Å². The fourth-order valence-corrected chi connectivity index (χ4v) is 13.6. The number of hydrogen-bond donors (Lipinski definition) is 0. The van der Waals surface area contributed by atoms with Crippen molar-refractivity contribution in [2.45, 2.75) is 198 Å². The summed E-state index contributed by atoms with van der Waals surface area (Å²) in [6.45, 7) is 43.5. The molecule has 0 radical (unpaired) electrons. The van der Waals surface area contributed by atoms with Crippen molar-refractivity contribution < 1.29 is 0 Å². The Labute approximate surface area is 749 Å². The van der Waals surface area contributed by atoms with E-state index in [9.17, 15) is 0 Å². The maximum absolute atomic E-state index is 4.68. The molecule has 0 saturated carbocycles. The summed E-state index contributed by atoms with van der Waals surface area (Å²) in [6, 6.07) is 103. The van der Waals surface area contributed by atoms with Crippen LogP contribution in [0.5, 0.6) is 0 Å². The molecule has 0 aliphatic heterocycles. The van der Waals surface area contributed by atoms with Gasteiger partial charge in [0.25, 0.3) is 0 Å². The fraction of sp³-hybridized carbons (Fsp3) is 0.259. The van der Waals surface area contributed by atoms with Crippen molar-refractivity contribution in [2.75, 3.05) is 0 Å². The van der Waals surface area contributed by atoms with Crippen LogP contribution in [-0.4, -0.2) is 49.8 Å². The number of aromatic nitrogens is 10. The van der Waals surface area contributed by atoms with E-state index in [1.165, 1.54) is 104 Å². The van der Waals surface area contributed by atoms with Gasteiger partial charge in [0.05, 0.1) is 39.0 Å². The highest BCUT2D eigenvalue weighted by molar-refractivity contribution is 6.00. The Hall–Kier alpha value is -13.2. The van der Waals surface area contributed by atoms with Crippen LogP contribution in [0.15, 0.2) is 353 Å². The molecule has 10 heteroatoms. The minimum Gasteiger partial charge on any atom is -0.264 e. The molecule has 0 bridgehead atoms. The second-order valence-corrected chi connectivity index (χ2v) is 35.0. The van der Waals surface area contributed by atoms with E-state index in [0.29, 0.717) is 59.2 Å². The van der Waals surface area contributed by atoms with Crippen molar-refractivity contribution in [3.05, 3.63) is 409 Å². The van der Waals surface area contributed by atoms with Gasteiger partial charge >= 0.3 is 0 Å². The summed E-state index contributed by atoms with van der Waals surface area (Å²) in [7, 11) is 0. The van der Waals surface area contributed by atoms with Gasteiger partial charge in [0, 0.05) is 77.8 Å². The SMILES string of the molecule is CC(C)c1ccc2cc3ccccc3cc2c1.CC(C)c1ccc2cc3ccccc3cc2c1.CC(C)c1ccc2ccccc2c1.CC(C)c1ccc2nc3ccccc3cc2c1.CC(C)c1ccccc1.CC(C)c1cccnc1.CC(C)c1cnc2ccccc2n1.CC(C)c1cnccn1.CC(C)c1cncnc1.CC(C)c1ncc2ccccc2n1. The molecule has 6 aromatic heterocycles. The monoisotopic (exact) mass is 1660 g/mol. The summed E-state index contributed by atoms with van der Waals surface area (Å²) >= 11 is 0. The smallest absolute Gasteiger partial charge is 0.131 e. The summed E-state index contributed by atoms with van der Waals surface area (Å²) in [6.07, 6.45) is 17.9. The molecule has 19 rings (SSSR count). The summed E-state index contributed by atoms with van der Waals surface area (Å²) in [5.74, 6) is 6.38. The Bertz CT molecular complexity index is 5840. The topological polar surface area (TPSA) is 129 Å². The van der Waals surface area contributed by atoms with Crippen LogP contribution in [0.1, 0.15) is 254 Å². The minimum absolute atomic E-state index is 0.393. The molecular weight excluding hydrogens is 1530 g/mol. The van der Waals surface area contributed by atoms with E-state index in [-0.39, 0.29) is 0 Å². The Morgan fingerprint density at radius 3 is 0.968 bits per heavy atom. The van der Waals surface area contributed by atoms with Crippen LogP contribution in [0, 0.1) is 0 Å². The normalized spacial score (nSPS) is 10.9. The lowest BCUT2D eigenvalue weighted by Gasteiger charge is -2.08. The van der Waals surface area contributed by atoms with Crippen LogP contribution < -0.4 is 0 Å². The van der Waals surface area contributed by atoms with Gasteiger partial charge in [-0.25, -0.2) is 29.9 Å². The Morgan fingerprint density at radius 1 is 0.167 bits per heavy atom. The van der Waals surface area contributed by atoms with Crippen LogP contribution in [0.25, 0.3) is 97.6 Å². The van der Waals surface area contributed by atoms with Crippen molar-refractivity contribution >= 4 is 97.6 Å². The standard InChI is InChI=1S/2C17H16.C16H15N.C13H14.2C11H12N2.C9H12.C8H11N.2C7H10N2/c2*1-12(2)13-7-8-16-10-14-5-3-4-6-15(14)11-17(16)9-13;1-11(2)12-7-8-16-14(9-12)10-13-5-3-4-6-15(13)17-16;1-10(2)12-8-7-11-5-3-4-6-13(11)9-12;1-8(2)11-7-12-9-5-3-4-6-10(9)13-11;1-8(2)11-12-7-9-5-3-4-6-10(9)13-11;1-8(2)9-6-4-3-5-7-9;1-7(2)8-4-3-5-9-6-8;1-6(2)7-3-8-5-9-4-7;1-6(2)7-5-8-3-4-9-7/h2*3-12H,1-2H3;3-11H,1-2H3;3-10H,1-2H3;2*3-8H,1-2H3;3-8H,1-2H3;3-7H,1-2H3;2*3-6H,1-2H3. The van der Waals surface area contributed by atoms with Crippen molar-refractivity contribution in [1.29, 1.82) is 0 Å². The average Bonchev–Trinajstić information content (AvgIpc) is 0.802. The van der Waals surface area contributed by atoms with Crippen LogP contribution >= 0.6 is 0 Å². The lowest BCUT2D eigenvalue weighted by molar-refractivity contribution is 0.783. The molecule has 0 N–H and O–H groups in total. The maximum atomic E-state index is 4.68. The van der Waals surface area contributed by atoms with E-state index in [2.05, 4.69) is 413 Å². The van der Waals surface area contributed by atoms with Crippen molar-refractivity contribution in [3.8, 4) is 0 Å². The highest BCUT2D eigenvalue weighted by Gasteiger charge is 2.10. The number of pyridine rings is 2. The van der Waals surface area contributed by atoms with Crippen LogP contribution in [0.2, 0.25) is 0 Å². The van der Waals surface area contributed by atoms with Gasteiger partial charge in [-0.1, -0.05) is 357 Å². The largest absolute Gasteiger partial charge is 0.264 e. The van der Waals surface area contributed by atoms with Gasteiger partial charge in [0.15, 0.2) is 0 Å². The fourth-order valence-electron chi connectivity index (χ4n) is 13.6.